The van der Waals surface area contributed by atoms with E-state index < -0.39 is 12.6 Å². The van der Waals surface area contributed by atoms with Gasteiger partial charge in [0.25, 0.3) is 0 Å². The van der Waals surface area contributed by atoms with Gasteiger partial charge in [-0.05, 0) is 50.6 Å². The van der Waals surface area contributed by atoms with Crippen molar-refractivity contribution < 1.29 is 13.2 Å². The maximum Gasteiger partial charge on any atom is 0.390 e. The minimum absolute atomic E-state index is 0. The first-order valence-electron chi connectivity index (χ1n) is 7.03. The maximum atomic E-state index is 12.3. The van der Waals surface area contributed by atoms with Crippen molar-refractivity contribution in [1.29, 1.82) is 0 Å². The average Bonchev–Trinajstić information content (AvgIpc) is 3.10. The summed E-state index contributed by atoms with van der Waals surface area (Å²) in [5.74, 6) is 1.25. The summed E-state index contributed by atoms with van der Waals surface area (Å²) in [4.78, 5) is 2.06. The zero-order valence-electron chi connectivity index (χ0n) is 11.2. The number of halogens is 4. The molecule has 0 aromatic carbocycles. The Labute approximate surface area is 119 Å². The van der Waals surface area contributed by atoms with Crippen LogP contribution in [0.25, 0.3) is 0 Å². The van der Waals surface area contributed by atoms with Crippen LogP contribution in [0.15, 0.2) is 0 Å². The van der Waals surface area contributed by atoms with Crippen molar-refractivity contribution in [3.05, 3.63) is 0 Å². The molecule has 2 rings (SSSR count). The third kappa shape index (κ3) is 7.37. The predicted octanol–water partition coefficient (Wildman–Crippen LogP) is 3.07. The van der Waals surface area contributed by atoms with Crippen LogP contribution in [-0.4, -0.2) is 43.8 Å². The Morgan fingerprint density at radius 1 is 0.947 bits per heavy atom. The van der Waals surface area contributed by atoms with Crippen molar-refractivity contribution in [2.75, 3.05) is 32.7 Å². The molecular formula is C13H24ClF3N2. The number of hydrogen-bond donors (Lipinski definition) is 1. The van der Waals surface area contributed by atoms with E-state index in [4.69, 9.17) is 0 Å². The summed E-state index contributed by atoms with van der Waals surface area (Å²) in [6, 6.07) is 0. The van der Waals surface area contributed by atoms with Crippen LogP contribution in [0.2, 0.25) is 0 Å². The van der Waals surface area contributed by atoms with E-state index in [-0.39, 0.29) is 19.0 Å². The first kappa shape index (κ1) is 17.1. The number of rotatable bonds is 6. The normalized spacial score (nSPS) is 21.5. The molecule has 2 aliphatic rings. The molecule has 0 aromatic heterocycles. The third-order valence-corrected chi connectivity index (χ3v) is 3.90. The molecule has 0 unspecified atom stereocenters. The Morgan fingerprint density at radius 3 is 1.95 bits per heavy atom. The number of hydrogen-bond acceptors (Lipinski definition) is 2. The average molecular weight is 301 g/mol. The Balaban J connectivity index is 0.00000180. The van der Waals surface area contributed by atoms with Crippen LogP contribution in [0.3, 0.4) is 0 Å². The second-order valence-corrected chi connectivity index (χ2v) is 5.76. The van der Waals surface area contributed by atoms with Crippen LogP contribution < -0.4 is 5.32 Å². The minimum atomic E-state index is -4.02. The van der Waals surface area contributed by atoms with E-state index in [1.807, 2.05) is 0 Å². The first-order valence-corrected chi connectivity index (χ1v) is 7.03. The zero-order valence-corrected chi connectivity index (χ0v) is 12.0. The highest BCUT2D eigenvalue weighted by molar-refractivity contribution is 5.85. The molecule has 1 heterocycles. The van der Waals surface area contributed by atoms with Gasteiger partial charge in [-0.15, -0.1) is 12.4 Å². The molecule has 0 bridgehead atoms. The Hall–Kier alpha value is -0.0000000000000000416. The monoisotopic (exact) mass is 300 g/mol. The summed E-state index contributed by atoms with van der Waals surface area (Å²) in [5.41, 5.74) is 0. The molecule has 0 aromatic rings. The van der Waals surface area contributed by atoms with Gasteiger partial charge in [-0.25, -0.2) is 0 Å². The molecule has 114 valence electrons. The molecule has 0 radical (unpaired) electrons. The SMILES string of the molecule is Cl.FC(F)(F)CCN(CC1CCNCC1)CC1CC1. The molecule has 1 N–H and O–H groups in total. The van der Waals surface area contributed by atoms with Crippen molar-refractivity contribution in [1.82, 2.24) is 10.2 Å². The van der Waals surface area contributed by atoms with Gasteiger partial charge in [-0.1, -0.05) is 0 Å². The van der Waals surface area contributed by atoms with Crippen molar-refractivity contribution in [3.8, 4) is 0 Å². The molecule has 1 saturated heterocycles. The number of nitrogens with zero attached hydrogens (tertiary/aromatic N) is 1. The summed E-state index contributed by atoms with van der Waals surface area (Å²) in [7, 11) is 0. The predicted molar refractivity (Wildman–Crippen MR) is 72.7 cm³/mol. The highest BCUT2D eigenvalue weighted by Gasteiger charge is 2.31. The fourth-order valence-electron chi connectivity index (χ4n) is 2.64. The lowest BCUT2D eigenvalue weighted by Gasteiger charge is -2.30. The van der Waals surface area contributed by atoms with Gasteiger partial charge in [-0.2, -0.15) is 13.2 Å². The Bertz CT molecular complexity index is 251. The second-order valence-electron chi connectivity index (χ2n) is 5.76. The van der Waals surface area contributed by atoms with E-state index in [0.29, 0.717) is 11.8 Å². The fraction of sp³-hybridized carbons (Fsp3) is 1.00. The summed E-state index contributed by atoms with van der Waals surface area (Å²) >= 11 is 0. The van der Waals surface area contributed by atoms with Crippen molar-refractivity contribution in [2.24, 2.45) is 11.8 Å². The van der Waals surface area contributed by atoms with Crippen LogP contribution in [0.5, 0.6) is 0 Å². The molecule has 6 heteroatoms. The molecule has 1 aliphatic heterocycles. The molecule has 19 heavy (non-hydrogen) atoms. The van der Waals surface area contributed by atoms with Crippen molar-refractivity contribution in [3.63, 3.8) is 0 Å². The lowest BCUT2D eigenvalue weighted by molar-refractivity contribution is -0.138. The second kappa shape index (κ2) is 7.70. The van der Waals surface area contributed by atoms with Crippen molar-refractivity contribution in [2.45, 2.75) is 38.3 Å². The summed E-state index contributed by atoms with van der Waals surface area (Å²) < 4.78 is 36.9. The van der Waals surface area contributed by atoms with E-state index in [0.717, 1.165) is 39.0 Å². The van der Waals surface area contributed by atoms with Gasteiger partial charge in [0.1, 0.15) is 0 Å². The van der Waals surface area contributed by atoms with Crippen molar-refractivity contribution >= 4 is 12.4 Å². The lowest BCUT2D eigenvalue weighted by Crippen LogP contribution is -2.38. The smallest absolute Gasteiger partial charge is 0.317 e. The van der Waals surface area contributed by atoms with E-state index in [1.165, 1.54) is 12.8 Å². The highest BCUT2D eigenvalue weighted by atomic mass is 35.5. The summed E-state index contributed by atoms with van der Waals surface area (Å²) in [6.07, 6.45) is -0.0650. The van der Waals surface area contributed by atoms with Crippen LogP contribution in [0.4, 0.5) is 13.2 Å². The van der Waals surface area contributed by atoms with Gasteiger partial charge in [-0.3, -0.25) is 0 Å². The number of nitrogens with one attached hydrogen (secondary N) is 1. The van der Waals surface area contributed by atoms with Crippen LogP contribution in [0.1, 0.15) is 32.1 Å². The van der Waals surface area contributed by atoms with Crippen LogP contribution in [-0.2, 0) is 0 Å². The topological polar surface area (TPSA) is 15.3 Å². The van der Waals surface area contributed by atoms with Gasteiger partial charge >= 0.3 is 6.18 Å². The Morgan fingerprint density at radius 2 is 1.47 bits per heavy atom. The number of piperidine rings is 1. The Kier molecular flexibility index (Phi) is 6.91. The molecule has 2 fully saturated rings. The molecule has 2 nitrogen and oxygen atoms in total. The van der Waals surface area contributed by atoms with E-state index in [2.05, 4.69) is 10.2 Å². The first-order chi connectivity index (χ1) is 8.53. The van der Waals surface area contributed by atoms with Gasteiger partial charge < -0.3 is 10.2 Å². The molecular weight excluding hydrogens is 277 g/mol. The molecule has 0 atom stereocenters. The van der Waals surface area contributed by atoms with E-state index in [1.54, 1.807) is 0 Å². The lowest BCUT2D eigenvalue weighted by atomic mass is 9.97. The maximum absolute atomic E-state index is 12.3. The minimum Gasteiger partial charge on any atom is -0.317 e. The molecule has 1 aliphatic carbocycles. The van der Waals surface area contributed by atoms with Crippen LogP contribution in [0, 0.1) is 11.8 Å². The van der Waals surface area contributed by atoms with E-state index in [9.17, 15) is 13.2 Å². The third-order valence-electron chi connectivity index (χ3n) is 3.90. The highest BCUT2D eigenvalue weighted by Crippen LogP contribution is 2.31. The molecule has 0 amide bonds. The number of alkyl halides is 3. The summed E-state index contributed by atoms with van der Waals surface area (Å²) in [6.45, 7) is 3.95. The standard InChI is InChI=1S/C13H23F3N2.ClH/c14-13(15,16)5-8-18(9-11-1-2-11)10-12-3-6-17-7-4-12;/h11-12,17H,1-10H2;1H. The van der Waals surface area contributed by atoms with Gasteiger partial charge in [0.2, 0.25) is 0 Å². The summed E-state index contributed by atoms with van der Waals surface area (Å²) in [5, 5.41) is 3.30. The van der Waals surface area contributed by atoms with Gasteiger partial charge in [0, 0.05) is 19.6 Å². The van der Waals surface area contributed by atoms with Gasteiger partial charge in [0.15, 0.2) is 0 Å². The quantitative estimate of drug-likeness (QED) is 0.811. The molecule has 0 spiro atoms. The largest absolute Gasteiger partial charge is 0.390 e. The van der Waals surface area contributed by atoms with Crippen LogP contribution >= 0.6 is 12.4 Å². The van der Waals surface area contributed by atoms with E-state index >= 15 is 0 Å². The van der Waals surface area contributed by atoms with Gasteiger partial charge in [0.05, 0.1) is 6.42 Å². The molecule has 1 saturated carbocycles. The fourth-order valence-corrected chi connectivity index (χ4v) is 2.64. The zero-order chi connectivity index (χ0) is 13.0.